The highest BCUT2D eigenvalue weighted by atomic mass is 16.1. The minimum Gasteiger partial charge on any atom is -0.299 e. The fraction of sp³-hybridized carbons (Fsp3) is 0.727. The summed E-state index contributed by atoms with van der Waals surface area (Å²) < 4.78 is 0. The summed E-state index contributed by atoms with van der Waals surface area (Å²) in [7, 11) is 0. The monoisotopic (exact) mass is 166 g/mol. The van der Waals surface area contributed by atoms with Gasteiger partial charge in [-0.1, -0.05) is 32.9 Å². The molecule has 1 aliphatic rings. The quantitative estimate of drug-likeness (QED) is 0.576. The molecule has 1 saturated carbocycles. The molecule has 0 aromatic carbocycles. The standard InChI is InChI=1S/C11H18O/c1-7(2)8-6-9(8)10(12)11(3,4)5/h8-9H,1,6H2,2-5H3. The van der Waals surface area contributed by atoms with Crippen molar-refractivity contribution in [3.63, 3.8) is 0 Å². The highest BCUT2D eigenvalue weighted by Crippen LogP contribution is 2.47. The largest absolute Gasteiger partial charge is 0.299 e. The van der Waals surface area contributed by atoms with E-state index in [9.17, 15) is 4.79 Å². The lowest BCUT2D eigenvalue weighted by atomic mass is 9.87. The highest BCUT2D eigenvalue weighted by Gasteiger charge is 2.46. The predicted octanol–water partition coefficient (Wildman–Crippen LogP) is 2.81. The number of carbonyl (C=O) groups excluding carboxylic acids is 1. The van der Waals surface area contributed by atoms with Crippen LogP contribution >= 0.6 is 0 Å². The molecule has 0 heterocycles. The number of allylic oxidation sites excluding steroid dienone is 1. The van der Waals surface area contributed by atoms with E-state index < -0.39 is 0 Å². The Bertz CT molecular complexity index is 220. The van der Waals surface area contributed by atoms with Crippen LogP contribution in [-0.2, 0) is 4.79 Å². The van der Waals surface area contributed by atoms with Gasteiger partial charge in [0.05, 0.1) is 0 Å². The third kappa shape index (κ3) is 1.77. The smallest absolute Gasteiger partial charge is 0.141 e. The van der Waals surface area contributed by atoms with E-state index in [1.165, 1.54) is 0 Å². The summed E-state index contributed by atoms with van der Waals surface area (Å²) in [6.45, 7) is 11.9. The zero-order chi connectivity index (χ0) is 9.52. The van der Waals surface area contributed by atoms with Gasteiger partial charge >= 0.3 is 0 Å². The van der Waals surface area contributed by atoms with E-state index in [2.05, 4.69) is 6.58 Å². The van der Waals surface area contributed by atoms with Crippen molar-refractivity contribution in [2.24, 2.45) is 17.3 Å². The molecule has 0 N–H and O–H groups in total. The molecule has 0 saturated heterocycles. The van der Waals surface area contributed by atoms with Crippen molar-refractivity contribution in [2.45, 2.75) is 34.1 Å². The Labute approximate surface area is 74.9 Å². The summed E-state index contributed by atoms with van der Waals surface area (Å²) in [6, 6.07) is 0. The van der Waals surface area contributed by atoms with E-state index in [0.29, 0.717) is 11.7 Å². The molecule has 0 spiro atoms. The maximum atomic E-state index is 11.7. The molecule has 0 aliphatic heterocycles. The Morgan fingerprint density at radius 3 is 2.08 bits per heavy atom. The molecular formula is C11H18O. The maximum absolute atomic E-state index is 11.7. The molecule has 68 valence electrons. The van der Waals surface area contributed by atoms with Gasteiger partial charge in [-0.3, -0.25) is 4.79 Å². The summed E-state index contributed by atoms with van der Waals surface area (Å²) >= 11 is 0. The topological polar surface area (TPSA) is 17.1 Å². The lowest BCUT2D eigenvalue weighted by molar-refractivity contribution is -0.127. The van der Waals surface area contributed by atoms with Crippen molar-refractivity contribution in [2.75, 3.05) is 0 Å². The number of rotatable bonds is 2. The number of Topliss-reactive ketones (excluding diaryl/α,β-unsaturated/α-hetero) is 1. The zero-order valence-electron chi connectivity index (χ0n) is 8.48. The Morgan fingerprint density at radius 2 is 1.83 bits per heavy atom. The molecule has 12 heavy (non-hydrogen) atoms. The van der Waals surface area contributed by atoms with E-state index in [-0.39, 0.29) is 11.3 Å². The molecule has 1 aliphatic carbocycles. The lowest BCUT2D eigenvalue weighted by Crippen LogP contribution is -2.22. The van der Waals surface area contributed by atoms with Crippen LogP contribution in [0.1, 0.15) is 34.1 Å². The van der Waals surface area contributed by atoms with Gasteiger partial charge in [0.1, 0.15) is 5.78 Å². The minimum absolute atomic E-state index is 0.172. The Hall–Kier alpha value is -0.590. The van der Waals surface area contributed by atoms with Crippen molar-refractivity contribution in [1.82, 2.24) is 0 Å². The minimum atomic E-state index is -0.172. The van der Waals surface area contributed by atoms with Crippen LogP contribution in [0, 0.1) is 17.3 Å². The molecule has 0 aromatic heterocycles. The highest BCUT2D eigenvalue weighted by molar-refractivity contribution is 5.88. The second-order valence-electron chi connectivity index (χ2n) is 4.91. The van der Waals surface area contributed by atoms with Gasteiger partial charge in [-0.15, -0.1) is 0 Å². The summed E-state index contributed by atoms with van der Waals surface area (Å²) in [4.78, 5) is 11.7. The molecule has 2 atom stereocenters. The first-order chi connectivity index (χ1) is 5.34. The van der Waals surface area contributed by atoms with Gasteiger partial charge < -0.3 is 0 Å². The van der Waals surface area contributed by atoms with Gasteiger partial charge in [-0.2, -0.15) is 0 Å². The molecule has 0 amide bonds. The molecule has 2 unspecified atom stereocenters. The molecule has 1 rings (SSSR count). The first-order valence-corrected chi connectivity index (χ1v) is 4.53. The van der Waals surface area contributed by atoms with Gasteiger partial charge in [0.25, 0.3) is 0 Å². The summed E-state index contributed by atoms with van der Waals surface area (Å²) in [6.07, 6.45) is 1.03. The summed E-state index contributed by atoms with van der Waals surface area (Å²) in [5.74, 6) is 1.16. The van der Waals surface area contributed by atoms with Crippen LogP contribution in [0.5, 0.6) is 0 Å². The number of carbonyl (C=O) groups is 1. The van der Waals surface area contributed by atoms with Gasteiger partial charge in [-0.25, -0.2) is 0 Å². The zero-order valence-corrected chi connectivity index (χ0v) is 8.48. The SMILES string of the molecule is C=C(C)C1CC1C(=O)C(C)(C)C. The van der Waals surface area contributed by atoms with Crippen molar-refractivity contribution in [3.05, 3.63) is 12.2 Å². The third-order valence-electron chi connectivity index (χ3n) is 2.50. The first-order valence-electron chi connectivity index (χ1n) is 4.53. The molecule has 0 bridgehead atoms. The number of ketones is 1. The fourth-order valence-corrected chi connectivity index (χ4v) is 1.59. The van der Waals surface area contributed by atoms with E-state index in [4.69, 9.17) is 0 Å². The van der Waals surface area contributed by atoms with Crippen LogP contribution in [0.15, 0.2) is 12.2 Å². The number of hydrogen-bond donors (Lipinski definition) is 0. The van der Waals surface area contributed by atoms with Crippen LogP contribution in [0.2, 0.25) is 0 Å². The van der Waals surface area contributed by atoms with E-state index in [1.54, 1.807) is 0 Å². The fourth-order valence-electron chi connectivity index (χ4n) is 1.59. The molecule has 1 nitrogen and oxygen atoms in total. The van der Waals surface area contributed by atoms with Gasteiger partial charge in [0, 0.05) is 11.3 Å². The second kappa shape index (κ2) is 2.72. The normalized spacial score (nSPS) is 28.3. The molecule has 1 fully saturated rings. The summed E-state index contributed by atoms with van der Waals surface area (Å²) in [5.41, 5.74) is 0.993. The van der Waals surface area contributed by atoms with E-state index in [0.717, 1.165) is 12.0 Å². The Balaban J connectivity index is 2.55. The van der Waals surface area contributed by atoms with Crippen LogP contribution in [0.3, 0.4) is 0 Å². The molecule has 0 radical (unpaired) electrons. The molecule has 0 aromatic rings. The Morgan fingerprint density at radius 1 is 1.33 bits per heavy atom. The maximum Gasteiger partial charge on any atom is 0.141 e. The average molecular weight is 166 g/mol. The van der Waals surface area contributed by atoms with Crippen LogP contribution in [0.4, 0.5) is 0 Å². The van der Waals surface area contributed by atoms with Gasteiger partial charge in [0.2, 0.25) is 0 Å². The van der Waals surface area contributed by atoms with Gasteiger partial charge in [-0.05, 0) is 19.3 Å². The van der Waals surface area contributed by atoms with E-state index >= 15 is 0 Å². The van der Waals surface area contributed by atoms with Crippen LogP contribution < -0.4 is 0 Å². The van der Waals surface area contributed by atoms with E-state index in [1.807, 2.05) is 27.7 Å². The summed E-state index contributed by atoms with van der Waals surface area (Å²) in [5, 5.41) is 0. The van der Waals surface area contributed by atoms with Crippen molar-refractivity contribution < 1.29 is 4.79 Å². The van der Waals surface area contributed by atoms with Crippen molar-refractivity contribution in [1.29, 1.82) is 0 Å². The van der Waals surface area contributed by atoms with Crippen LogP contribution in [0.25, 0.3) is 0 Å². The first kappa shape index (κ1) is 9.50. The van der Waals surface area contributed by atoms with Crippen molar-refractivity contribution in [3.8, 4) is 0 Å². The van der Waals surface area contributed by atoms with Crippen LogP contribution in [-0.4, -0.2) is 5.78 Å². The molecular weight excluding hydrogens is 148 g/mol. The Kier molecular flexibility index (Phi) is 2.15. The average Bonchev–Trinajstić information content (AvgIpc) is 2.61. The lowest BCUT2D eigenvalue weighted by Gasteiger charge is -2.16. The molecule has 1 heteroatoms. The van der Waals surface area contributed by atoms with Crippen molar-refractivity contribution >= 4 is 5.78 Å². The predicted molar refractivity (Wildman–Crippen MR) is 50.9 cm³/mol. The third-order valence-corrected chi connectivity index (χ3v) is 2.50. The number of hydrogen-bond acceptors (Lipinski definition) is 1. The van der Waals surface area contributed by atoms with Gasteiger partial charge in [0.15, 0.2) is 0 Å². The second-order valence-corrected chi connectivity index (χ2v) is 4.91.